The molecular weight excluding hydrogens is 262 g/mol. The maximum atomic E-state index is 9.30. The second kappa shape index (κ2) is 7.14. The number of hydrogen-bond acceptors (Lipinski definition) is 3. The van der Waals surface area contributed by atoms with E-state index in [1.54, 1.807) is 12.1 Å². The number of rotatable bonds is 6. The molecule has 21 heavy (non-hydrogen) atoms. The Balaban J connectivity index is 2.03. The number of ether oxygens (including phenoxy) is 1. The third-order valence-electron chi connectivity index (χ3n) is 3.30. The van der Waals surface area contributed by atoms with E-state index in [-0.39, 0.29) is 12.1 Å². The van der Waals surface area contributed by atoms with Crippen LogP contribution in [0.3, 0.4) is 0 Å². The Labute approximate surface area is 126 Å². The van der Waals surface area contributed by atoms with Gasteiger partial charge in [0.15, 0.2) is 0 Å². The zero-order valence-electron chi connectivity index (χ0n) is 12.8. The van der Waals surface area contributed by atoms with E-state index in [2.05, 4.69) is 18.3 Å². The van der Waals surface area contributed by atoms with Gasteiger partial charge >= 0.3 is 0 Å². The fourth-order valence-electron chi connectivity index (χ4n) is 2.19. The molecule has 0 fully saturated rings. The van der Waals surface area contributed by atoms with Crippen LogP contribution in [0.15, 0.2) is 48.5 Å². The smallest absolute Gasteiger partial charge is 0.124 e. The summed E-state index contributed by atoms with van der Waals surface area (Å²) in [5.41, 5.74) is 2.30. The molecule has 0 aromatic heterocycles. The Morgan fingerprint density at radius 2 is 1.67 bits per heavy atom. The minimum Gasteiger partial charge on any atom is -0.508 e. The Kier molecular flexibility index (Phi) is 5.23. The highest BCUT2D eigenvalue weighted by Crippen LogP contribution is 2.26. The van der Waals surface area contributed by atoms with Gasteiger partial charge in [0.2, 0.25) is 0 Å². The van der Waals surface area contributed by atoms with Gasteiger partial charge in [-0.2, -0.15) is 0 Å². The molecule has 0 amide bonds. The van der Waals surface area contributed by atoms with Crippen LogP contribution in [-0.2, 0) is 6.54 Å². The minimum absolute atomic E-state index is 0.162. The van der Waals surface area contributed by atoms with Crippen molar-refractivity contribution in [2.45, 2.75) is 39.5 Å². The lowest BCUT2D eigenvalue weighted by atomic mass is 10.1. The second-order valence-electron chi connectivity index (χ2n) is 5.47. The SMILES string of the molecule is CC(C)Oc1ccccc1C(C)NCc1ccc(O)cc1. The van der Waals surface area contributed by atoms with E-state index in [1.165, 1.54) is 0 Å². The molecule has 0 aliphatic carbocycles. The summed E-state index contributed by atoms with van der Waals surface area (Å²) in [7, 11) is 0. The van der Waals surface area contributed by atoms with Gasteiger partial charge < -0.3 is 15.2 Å². The molecule has 1 atom stereocenters. The summed E-state index contributed by atoms with van der Waals surface area (Å²) in [4.78, 5) is 0. The van der Waals surface area contributed by atoms with Gasteiger partial charge in [-0.05, 0) is 44.5 Å². The van der Waals surface area contributed by atoms with Crippen LogP contribution in [0.1, 0.15) is 37.9 Å². The molecule has 3 heteroatoms. The predicted octanol–water partition coefficient (Wildman–Crippen LogP) is 4.03. The Hall–Kier alpha value is -2.00. The molecule has 2 aromatic rings. The van der Waals surface area contributed by atoms with E-state index in [9.17, 15) is 5.11 Å². The van der Waals surface area contributed by atoms with Crippen LogP contribution in [0.2, 0.25) is 0 Å². The van der Waals surface area contributed by atoms with Gasteiger partial charge in [0, 0.05) is 18.2 Å². The molecule has 0 saturated carbocycles. The van der Waals surface area contributed by atoms with Crippen molar-refractivity contribution in [2.75, 3.05) is 0 Å². The standard InChI is InChI=1S/C18H23NO2/c1-13(2)21-18-7-5-4-6-17(18)14(3)19-12-15-8-10-16(20)11-9-15/h4-11,13-14,19-20H,12H2,1-3H3. The van der Waals surface area contributed by atoms with Gasteiger partial charge in [-0.25, -0.2) is 0 Å². The summed E-state index contributed by atoms with van der Waals surface area (Å²) in [6, 6.07) is 15.6. The van der Waals surface area contributed by atoms with Crippen molar-refractivity contribution < 1.29 is 9.84 Å². The minimum atomic E-state index is 0.162. The van der Waals surface area contributed by atoms with Crippen molar-refractivity contribution in [1.82, 2.24) is 5.32 Å². The first-order chi connectivity index (χ1) is 10.1. The lowest BCUT2D eigenvalue weighted by molar-refractivity contribution is 0.238. The van der Waals surface area contributed by atoms with E-state index in [0.717, 1.165) is 23.4 Å². The molecule has 0 saturated heterocycles. The van der Waals surface area contributed by atoms with Crippen molar-refractivity contribution in [2.24, 2.45) is 0 Å². The Morgan fingerprint density at radius 3 is 2.33 bits per heavy atom. The molecule has 0 aliphatic rings. The molecule has 112 valence electrons. The summed E-state index contributed by atoms with van der Waals surface area (Å²) < 4.78 is 5.86. The van der Waals surface area contributed by atoms with Crippen LogP contribution in [-0.4, -0.2) is 11.2 Å². The number of benzene rings is 2. The molecule has 3 nitrogen and oxygen atoms in total. The molecule has 2 N–H and O–H groups in total. The van der Waals surface area contributed by atoms with Crippen molar-refractivity contribution in [3.63, 3.8) is 0 Å². The van der Waals surface area contributed by atoms with Crippen LogP contribution in [0, 0.1) is 0 Å². The van der Waals surface area contributed by atoms with Crippen LogP contribution >= 0.6 is 0 Å². The van der Waals surface area contributed by atoms with Gasteiger partial charge in [0.1, 0.15) is 11.5 Å². The Morgan fingerprint density at radius 1 is 1.00 bits per heavy atom. The third-order valence-corrected chi connectivity index (χ3v) is 3.30. The summed E-state index contributed by atoms with van der Waals surface area (Å²) in [6.45, 7) is 6.94. The van der Waals surface area contributed by atoms with Crippen molar-refractivity contribution in [3.05, 3.63) is 59.7 Å². The average Bonchev–Trinajstić information content (AvgIpc) is 2.46. The van der Waals surface area contributed by atoms with Gasteiger partial charge in [-0.1, -0.05) is 30.3 Å². The lowest BCUT2D eigenvalue weighted by Crippen LogP contribution is -2.19. The van der Waals surface area contributed by atoms with Crippen molar-refractivity contribution in [3.8, 4) is 11.5 Å². The number of aromatic hydroxyl groups is 1. The number of phenolic OH excluding ortho intramolecular Hbond substituents is 1. The quantitative estimate of drug-likeness (QED) is 0.842. The highest BCUT2D eigenvalue weighted by atomic mass is 16.5. The van der Waals surface area contributed by atoms with Crippen LogP contribution < -0.4 is 10.1 Å². The molecule has 2 rings (SSSR count). The van der Waals surface area contributed by atoms with Gasteiger partial charge in [0.25, 0.3) is 0 Å². The van der Waals surface area contributed by atoms with Crippen molar-refractivity contribution >= 4 is 0 Å². The van der Waals surface area contributed by atoms with E-state index in [4.69, 9.17) is 4.74 Å². The molecule has 0 bridgehead atoms. The Bertz CT molecular complexity index is 564. The fraction of sp³-hybridized carbons (Fsp3) is 0.333. The number of para-hydroxylation sites is 1. The largest absolute Gasteiger partial charge is 0.508 e. The fourth-order valence-corrected chi connectivity index (χ4v) is 2.19. The molecular formula is C18H23NO2. The lowest BCUT2D eigenvalue weighted by Gasteiger charge is -2.20. The highest BCUT2D eigenvalue weighted by Gasteiger charge is 2.11. The highest BCUT2D eigenvalue weighted by molar-refractivity contribution is 5.36. The van der Waals surface area contributed by atoms with Crippen LogP contribution in [0.4, 0.5) is 0 Å². The topological polar surface area (TPSA) is 41.5 Å². The zero-order valence-corrected chi connectivity index (χ0v) is 12.8. The maximum Gasteiger partial charge on any atom is 0.124 e. The van der Waals surface area contributed by atoms with E-state index in [1.807, 2.05) is 44.2 Å². The first-order valence-electron chi connectivity index (χ1n) is 7.33. The number of hydrogen-bond donors (Lipinski definition) is 2. The molecule has 0 aliphatic heterocycles. The van der Waals surface area contributed by atoms with E-state index < -0.39 is 0 Å². The molecule has 1 unspecified atom stereocenters. The molecule has 0 radical (unpaired) electrons. The molecule has 0 heterocycles. The summed E-state index contributed by atoms with van der Waals surface area (Å²) in [5, 5.41) is 12.8. The first-order valence-corrected chi connectivity index (χ1v) is 7.33. The normalized spacial score (nSPS) is 12.4. The first kappa shape index (κ1) is 15.4. The number of nitrogens with one attached hydrogen (secondary N) is 1. The van der Waals surface area contributed by atoms with Crippen LogP contribution in [0.5, 0.6) is 11.5 Å². The zero-order chi connectivity index (χ0) is 15.2. The number of phenols is 1. The van der Waals surface area contributed by atoms with Crippen molar-refractivity contribution in [1.29, 1.82) is 0 Å². The molecule has 2 aromatic carbocycles. The van der Waals surface area contributed by atoms with E-state index >= 15 is 0 Å². The van der Waals surface area contributed by atoms with Gasteiger partial charge in [-0.3, -0.25) is 0 Å². The van der Waals surface area contributed by atoms with Crippen LogP contribution in [0.25, 0.3) is 0 Å². The summed E-state index contributed by atoms with van der Waals surface area (Å²) in [6.07, 6.45) is 0.162. The van der Waals surface area contributed by atoms with Gasteiger partial charge in [0.05, 0.1) is 6.10 Å². The molecule has 0 spiro atoms. The monoisotopic (exact) mass is 285 g/mol. The third kappa shape index (κ3) is 4.50. The average molecular weight is 285 g/mol. The summed E-state index contributed by atoms with van der Waals surface area (Å²) in [5.74, 6) is 1.22. The maximum absolute atomic E-state index is 9.30. The van der Waals surface area contributed by atoms with E-state index in [0.29, 0.717) is 5.75 Å². The predicted molar refractivity (Wildman–Crippen MR) is 85.6 cm³/mol. The summed E-state index contributed by atoms with van der Waals surface area (Å²) >= 11 is 0. The van der Waals surface area contributed by atoms with Gasteiger partial charge in [-0.15, -0.1) is 0 Å². The second-order valence-corrected chi connectivity index (χ2v) is 5.47.